The molecule has 0 fully saturated rings. The van der Waals surface area contributed by atoms with E-state index in [4.69, 9.17) is 21.1 Å². The average molecular weight is 475 g/mol. The van der Waals surface area contributed by atoms with Crippen LogP contribution in [0.25, 0.3) is 0 Å². The number of nitrogens with one attached hydrogen (secondary N) is 1. The van der Waals surface area contributed by atoms with Crippen LogP contribution in [0.3, 0.4) is 0 Å². The molecule has 0 saturated carbocycles. The van der Waals surface area contributed by atoms with Crippen molar-refractivity contribution in [3.8, 4) is 17.2 Å². The number of rotatable bonds is 8. The maximum Gasteiger partial charge on any atom is 0.247 e. The zero-order valence-electron chi connectivity index (χ0n) is 17.8. The van der Waals surface area contributed by atoms with Crippen LogP contribution in [0.15, 0.2) is 72.8 Å². The van der Waals surface area contributed by atoms with Gasteiger partial charge >= 0.3 is 0 Å². The third-order valence-electron chi connectivity index (χ3n) is 4.58. The van der Waals surface area contributed by atoms with Crippen molar-refractivity contribution < 1.29 is 22.7 Å². The van der Waals surface area contributed by atoms with Crippen molar-refractivity contribution in [2.45, 2.75) is 13.0 Å². The van der Waals surface area contributed by atoms with E-state index in [1.165, 1.54) is 26.2 Å². The average Bonchev–Trinajstić information content (AvgIpc) is 2.75. The summed E-state index contributed by atoms with van der Waals surface area (Å²) in [6, 6.07) is 19.6. The molecule has 1 N–H and O–H groups in total. The molecule has 0 aliphatic heterocycles. The van der Waals surface area contributed by atoms with Gasteiger partial charge in [-0.1, -0.05) is 29.8 Å². The lowest BCUT2D eigenvalue weighted by Crippen LogP contribution is -2.45. The van der Waals surface area contributed by atoms with Crippen LogP contribution in [0.4, 0.5) is 11.4 Å². The summed E-state index contributed by atoms with van der Waals surface area (Å²) < 4.78 is 36.8. The summed E-state index contributed by atoms with van der Waals surface area (Å²) in [4.78, 5) is 12.9. The number of hydrogen-bond donors (Lipinski definition) is 1. The molecular weight excluding hydrogens is 452 g/mol. The molecule has 32 heavy (non-hydrogen) atoms. The maximum atomic E-state index is 12.9. The lowest BCUT2D eigenvalue weighted by molar-refractivity contribution is -0.116. The van der Waals surface area contributed by atoms with Gasteiger partial charge < -0.3 is 14.8 Å². The SMILES string of the molecule is COc1ccc(N([C@@H](C)C(=O)Nc2ccc(Oc3ccccc3)cc2)S(C)(=O)=O)cc1Cl. The van der Waals surface area contributed by atoms with Crippen LogP contribution in [0.2, 0.25) is 5.02 Å². The molecule has 0 aliphatic carbocycles. The third kappa shape index (κ3) is 5.72. The van der Waals surface area contributed by atoms with Crippen molar-refractivity contribution in [3.05, 3.63) is 77.8 Å². The highest BCUT2D eigenvalue weighted by atomic mass is 35.5. The first-order chi connectivity index (χ1) is 15.2. The van der Waals surface area contributed by atoms with E-state index in [0.717, 1.165) is 10.6 Å². The Hall–Kier alpha value is -3.23. The molecule has 3 rings (SSSR count). The molecule has 0 aliphatic rings. The highest BCUT2D eigenvalue weighted by Gasteiger charge is 2.29. The largest absolute Gasteiger partial charge is 0.495 e. The lowest BCUT2D eigenvalue weighted by Gasteiger charge is -2.28. The Balaban J connectivity index is 1.75. The first-order valence-corrected chi connectivity index (χ1v) is 11.9. The Bertz CT molecular complexity index is 1180. The number of carbonyl (C=O) groups excluding carboxylic acids is 1. The summed E-state index contributed by atoms with van der Waals surface area (Å²) in [7, 11) is -2.32. The summed E-state index contributed by atoms with van der Waals surface area (Å²) in [5, 5.41) is 2.97. The number of sulfonamides is 1. The summed E-state index contributed by atoms with van der Waals surface area (Å²) in [5.41, 5.74) is 0.760. The van der Waals surface area contributed by atoms with Gasteiger partial charge in [-0.2, -0.15) is 0 Å². The van der Waals surface area contributed by atoms with E-state index >= 15 is 0 Å². The summed E-state index contributed by atoms with van der Waals surface area (Å²) in [5.74, 6) is 1.20. The molecular formula is C23H23ClN2O5S. The molecule has 0 bridgehead atoms. The number of benzene rings is 3. The van der Waals surface area contributed by atoms with Crippen molar-refractivity contribution >= 4 is 38.9 Å². The molecule has 0 aromatic heterocycles. The number of para-hydroxylation sites is 1. The van der Waals surface area contributed by atoms with Crippen LogP contribution in [-0.2, 0) is 14.8 Å². The van der Waals surface area contributed by atoms with Crippen LogP contribution in [0, 0.1) is 0 Å². The Morgan fingerprint density at radius 2 is 1.62 bits per heavy atom. The molecule has 0 unspecified atom stereocenters. The van der Waals surface area contributed by atoms with Crippen LogP contribution in [-0.4, -0.2) is 33.7 Å². The van der Waals surface area contributed by atoms with Gasteiger partial charge in [-0.15, -0.1) is 0 Å². The smallest absolute Gasteiger partial charge is 0.247 e. The van der Waals surface area contributed by atoms with Gasteiger partial charge in [-0.3, -0.25) is 9.10 Å². The highest BCUT2D eigenvalue weighted by Crippen LogP contribution is 2.31. The van der Waals surface area contributed by atoms with Crippen molar-refractivity contribution in [3.63, 3.8) is 0 Å². The Kier molecular flexibility index (Phi) is 7.27. The Labute approximate surface area is 192 Å². The molecule has 0 heterocycles. The highest BCUT2D eigenvalue weighted by molar-refractivity contribution is 7.92. The maximum absolute atomic E-state index is 12.9. The van der Waals surface area contributed by atoms with Crippen molar-refractivity contribution in [2.24, 2.45) is 0 Å². The molecule has 0 saturated heterocycles. The van der Waals surface area contributed by atoms with Crippen LogP contribution >= 0.6 is 11.6 Å². The van der Waals surface area contributed by atoms with E-state index in [2.05, 4.69) is 5.32 Å². The molecule has 168 valence electrons. The first kappa shape index (κ1) is 23.4. The van der Waals surface area contributed by atoms with E-state index in [0.29, 0.717) is 22.9 Å². The number of carbonyl (C=O) groups is 1. The minimum Gasteiger partial charge on any atom is -0.495 e. The molecule has 3 aromatic carbocycles. The molecule has 1 atom stereocenters. The predicted octanol–water partition coefficient (Wildman–Crippen LogP) is 4.93. The normalized spacial score (nSPS) is 12.0. The molecule has 0 radical (unpaired) electrons. The molecule has 3 aromatic rings. The third-order valence-corrected chi connectivity index (χ3v) is 6.12. The summed E-state index contributed by atoms with van der Waals surface area (Å²) in [6.45, 7) is 1.50. The second-order valence-corrected chi connectivity index (χ2v) is 9.25. The van der Waals surface area contributed by atoms with Crippen LogP contribution < -0.4 is 19.1 Å². The molecule has 9 heteroatoms. The van der Waals surface area contributed by atoms with Gasteiger partial charge in [-0.25, -0.2) is 8.42 Å². The van der Waals surface area contributed by atoms with Gasteiger partial charge in [0, 0.05) is 5.69 Å². The fourth-order valence-corrected chi connectivity index (χ4v) is 4.50. The lowest BCUT2D eigenvalue weighted by atomic mass is 10.2. The second kappa shape index (κ2) is 9.93. The van der Waals surface area contributed by atoms with Gasteiger partial charge in [0.1, 0.15) is 23.3 Å². The minimum atomic E-state index is -3.78. The van der Waals surface area contributed by atoms with E-state index in [9.17, 15) is 13.2 Å². The molecule has 7 nitrogen and oxygen atoms in total. The minimum absolute atomic E-state index is 0.236. The zero-order valence-corrected chi connectivity index (χ0v) is 19.4. The number of ether oxygens (including phenoxy) is 2. The fraction of sp³-hybridized carbons (Fsp3) is 0.174. The Morgan fingerprint density at radius 1 is 1.00 bits per heavy atom. The van der Waals surface area contributed by atoms with E-state index in [1.54, 1.807) is 30.3 Å². The molecule has 0 spiro atoms. The number of halogens is 1. The van der Waals surface area contributed by atoms with Gasteiger partial charge in [-0.05, 0) is 61.5 Å². The monoisotopic (exact) mass is 474 g/mol. The summed E-state index contributed by atoms with van der Waals surface area (Å²) >= 11 is 6.15. The number of hydrogen-bond acceptors (Lipinski definition) is 5. The van der Waals surface area contributed by atoms with Gasteiger partial charge in [0.05, 0.1) is 24.1 Å². The standard InChI is InChI=1S/C23H23ClN2O5S/c1-16(26(32(3,28)29)18-11-14-22(30-2)21(24)15-18)23(27)25-17-9-12-20(13-10-17)31-19-7-5-4-6-8-19/h4-16H,1-3H3,(H,25,27)/t16-/m0/s1. The number of methoxy groups -OCH3 is 1. The van der Waals surface area contributed by atoms with E-state index in [1.807, 2.05) is 30.3 Å². The van der Waals surface area contributed by atoms with Crippen molar-refractivity contribution in [1.82, 2.24) is 0 Å². The first-order valence-electron chi connectivity index (χ1n) is 9.66. The summed E-state index contributed by atoms with van der Waals surface area (Å²) in [6.07, 6.45) is 1.03. The number of amides is 1. The van der Waals surface area contributed by atoms with Gasteiger partial charge in [0.2, 0.25) is 15.9 Å². The number of nitrogens with zero attached hydrogens (tertiary/aromatic N) is 1. The molecule has 1 amide bonds. The number of anilines is 2. The van der Waals surface area contributed by atoms with Gasteiger partial charge in [0.15, 0.2) is 0 Å². The van der Waals surface area contributed by atoms with Crippen molar-refractivity contribution in [2.75, 3.05) is 23.0 Å². The zero-order chi connectivity index (χ0) is 23.3. The quantitative estimate of drug-likeness (QED) is 0.500. The topological polar surface area (TPSA) is 84.9 Å². The second-order valence-electron chi connectivity index (χ2n) is 6.98. The fourth-order valence-electron chi connectivity index (χ4n) is 3.08. The van der Waals surface area contributed by atoms with E-state index in [-0.39, 0.29) is 10.7 Å². The Morgan fingerprint density at radius 3 is 2.19 bits per heavy atom. The van der Waals surface area contributed by atoms with Crippen LogP contribution in [0.5, 0.6) is 17.2 Å². The van der Waals surface area contributed by atoms with Crippen molar-refractivity contribution in [1.29, 1.82) is 0 Å². The van der Waals surface area contributed by atoms with Crippen LogP contribution in [0.1, 0.15) is 6.92 Å². The van der Waals surface area contributed by atoms with Gasteiger partial charge in [0.25, 0.3) is 0 Å². The van der Waals surface area contributed by atoms with E-state index < -0.39 is 22.0 Å². The predicted molar refractivity (Wildman–Crippen MR) is 126 cm³/mol.